The van der Waals surface area contributed by atoms with Gasteiger partial charge in [0.2, 0.25) is 5.91 Å². The molecular weight excluding hydrogens is 359 g/mol. The summed E-state index contributed by atoms with van der Waals surface area (Å²) in [5.41, 5.74) is 2.19. The summed E-state index contributed by atoms with van der Waals surface area (Å²) >= 11 is 12.0. The van der Waals surface area contributed by atoms with Crippen LogP contribution in [0.2, 0.25) is 10.0 Å². The predicted octanol–water partition coefficient (Wildman–Crippen LogP) is 4.31. The highest BCUT2D eigenvalue weighted by atomic mass is 35.5. The number of nitrogens with one attached hydrogen (secondary N) is 2. The van der Waals surface area contributed by atoms with Crippen molar-refractivity contribution < 1.29 is 9.59 Å². The summed E-state index contributed by atoms with van der Waals surface area (Å²) in [6, 6.07) is 12.2. The molecule has 25 heavy (non-hydrogen) atoms. The number of carbonyl (C=O) groups excluding carboxylic acids is 2. The molecule has 0 heterocycles. The standard InChI is InChI=1S/C19H18Cl2N2O2/c20-15-6-3-12(17(21)11-15)9-10-22-18(24)13-4-7-16(8-5-13)23-19(25)14-1-2-14/h3-8,11,14H,1-2,9-10H2,(H,22,24)(H,23,25). The van der Waals surface area contributed by atoms with E-state index in [0.29, 0.717) is 34.3 Å². The second-order valence-corrected chi connectivity index (χ2v) is 6.93. The molecule has 1 fully saturated rings. The number of carbonyl (C=O) groups is 2. The van der Waals surface area contributed by atoms with Crippen molar-refractivity contribution in [1.82, 2.24) is 5.32 Å². The minimum Gasteiger partial charge on any atom is -0.352 e. The fourth-order valence-corrected chi connectivity index (χ4v) is 2.93. The van der Waals surface area contributed by atoms with Crippen molar-refractivity contribution in [2.45, 2.75) is 19.3 Å². The summed E-state index contributed by atoms with van der Waals surface area (Å²) < 4.78 is 0. The fraction of sp³-hybridized carbons (Fsp3) is 0.263. The van der Waals surface area contributed by atoms with Crippen LogP contribution in [0.1, 0.15) is 28.8 Å². The van der Waals surface area contributed by atoms with E-state index in [1.807, 2.05) is 6.07 Å². The lowest BCUT2D eigenvalue weighted by atomic mass is 10.1. The van der Waals surface area contributed by atoms with Crippen LogP contribution in [-0.4, -0.2) is 18.4 Å². The van der Waals surface area contributed by atoms with E-state index in [9.17, 15) is 9.59 Å². The van der Waals surface area contributed by atoms with Crippen LogP contribution < -0.4 is 10.6 Å². The molecular formula is C19H18Cl2N2O2. The second kappa shape index (κ2) is 7.89. The molecule has 0 bridgehead atoms. The first kappa shape index (κ1) is 17.8. The van der Waals surface area contributed by atoms with Crippen molar-refractivity contribution in [1.29, 1.82) is 0 Å². The summed E-state index contributed by atoms with van der Waals surface area (Å²) in [4.78, 5) is 23.9. The van der Waals surface area contributed by atoms with Gasteiger partial charge in [0, 0.05) is 33.8 Å². The smallest absolute Gasteiger partial charge is 0.251 e. The van der Waals surface area contributed by atoms with Crippen molar-refractivity contribution in [3.63, 3.8) is 0 Å². The lowest BCUT2D eigenvalue weighted by Gasteiger charge is -2.08. The number of benzene rings is 2. The molecule has 0 atom stereocenters. The summed E-state index contributed by atoms with van der Waals surface area (Å²) in [5, 5.41) is 6.89. The molecule has 2 aromatic rings. The van der Waals surface area contributed by atoms with Crippen LogP contribution >= 0.6 is 23.2 Å². The normalized spacial score (nSPS) is 13.4. The minimum absolute atomic E-state index is 0.0528. The highest BCUT2D eigenvalue weighted by Gasteiger charge is 2.29. The summed E-state index contributed by atoms with van der Waals surface area (Å²) in [7, 11) is 0. The predicted molar refractivity (Wildman–Crippen MR) is 100 cm³/mol. The minimum atomic E-state index is -0.162. The Balaban J connectivity index is 1.49. The Hall–Kier alpha value is -2.04. The van der Waals surface area contributed by atoms with Gasteiger partial charge in [0.1, 0.15) is 0 Å². The molecule has 2 amide bonds. The molecule has 0 unspecified atom stereocenters. The number of hydrogen-bond donors (Lipinski definition) is 2. The largest absolute Gasteiger partial charge is 0.352 e. The van der Waals surface area contributed by atoms with Crippen LogP contribution in [0, 0.1) is 5.92 Å². The zero-order chi connectivity index (χ0) is 17.8. The number of halogens is 2. The lowest BCUT2D eigenvalue weighted by Crippen LogP contribution is -2.25. The fourth-order valence-electron chi connectivity index (χ4n) is 2.43. The third-order valence-electron chi connectivity index (χ3n) is 4.06. The van der Waals surface area contributed by atoms with E-state index in [1.165, 1.54) is 0 Å². The van der Waals surface area contributed by atoms with Crippen LogP contribution in [0.5, 0.6) is 0 Å². The van der Waals surface area contributed by atoms with Gasteiger partial charge in [-0.05, 0) is 61.2 Å². The van der Waals surface area contributed by atoms with Crippen LogP contribution in [0.15, 0.2) is 42.5 Å². The Morgan fingerprint density at radius 3 is 2.40 bits per heavy atom. The maximum Gasteiger partial charge on any atom is 0.251 e. The molecule has 0 radical (unpaired) electrons. The van der Waals surface area contributed by atoms with E-state index in [-0.39, 0.29) is 17.7 Å². The van der Waals surface area contributed by atoms with Gasteiger partial charge in [-0.3, -0.25) is 9.59 Å². The van der Waals surface area contributed by atoms with Gasteiger partial charge in [-0.1, -0.05) is 29.3 Å². The highest BCUT2D eigenvalue weighted by Crippen LogP contribution is 2.30. The molecule has 0 aromatic heterocycles. The average Bonchev–Trinajstić information content (AvgIpc) is 3.42. The first-order valence-electron chi connectivity index (χ1n) is 8.16. The molecule has 1 saturated carbocycles. The molecule has 0 spiro atoms. The molecule has 2 N–H and O–H groups in total. The zero-order valence-electron chi connectivity index (χ0n) is 13.5. The molecule has 1 aliphatic carbocycles. The maximum atomic E-state index is 12.2. The van der Waals surface area contributed by atoms with Crippen LogP contribution in [0.25, 0.3) is 0 Å². The van der Waals surface area contributed by atoms with Crippen molar-refractivity contribution in [3.05, 3.63) is 63.6 Å². The second-order valence-electron chi connectivity index (χ2n) is 6.08. The number of rotatable bonds is 6. The molecule has 6 heteroatoms. The SMILES string of the molecule is O=C(NCCc1ccc(Cl)cc1Cl)c1ccc(NC(=O)C2CC2)cc1. The van der Waals surface area contributed by atoms with Gasteiger partial charge in [-0.15, -0.1) is 0 Å². The van der Waals surface area contributed by atoms with Gasteiger partial charge in [0.25, 0.3) is 5.91 Å². The van der Waals surface area contributed by atoms with Crippen molar-refractivity contribution >= 4 is 40.7 Å². The van der Waals surface area contributed by atoms with Crippen LogP contribution in [-0.2, 0) is 11.2 Å². The van der Waals surface area contributed by atoms with E-state index in [0.717, 1.165) is 18.4 Å². The molecule has 0 saturated heterocycles. The Labute approximate surface area is 156 Å². The Morgan fingerprint density at radius 2 is 1.76 bits per heavy atom. The van der Waals surface area contributed by atoms with Crippen molar-refractivity contribution in [2.24, 2.45) is 5.92 Å². The molecule has 4 nitrogen and oxygen atoms in total. The van der Waals surface area contributed by atoms with Gasteiger partial charge in [-0.2, -0.15) is 0 Å². The summed E-state index contributed by atoms with van der Waals surface area (Å²) in [6.45, 7) is 0.473. The number of hydrogen-bond acceptors (Lipinski definition) is 2. The molecule has 2 aromatic carbocycles. The molecule has 130 valence electrons. The number of amides is 2. The number of anilines is 1. The van der Waals surface area contributed by atoms with Gasteiger partial charge in [-0.25, -0.2) is 0 Å². The van der Waals surface area contributed by atoms with E-state index in [4.69, 9.17) is 23.2 Å². The van der Waals surface area contributed by atoms with Gasteiger partial charge in [0.05, 0.1) is 0 Å². The quantitative estimate of drug-likeness (QED) is 0.788. The molecule has 0 aliphatic heterocycles. The van der Waals surface area contributed by atoms with Crippen LogP contribution in [0.3, 0.4) is 0 Å². The summed E-state index contributed by atoms with van der Waals surface area (Å²) in [6.07, 6.45) is 2.55. The summed E-state index contributed by atoms with van der Waals surface area (Å²) in [5.74, 6) is 0.0462. The third-order valence-corrected chi connectivity index (χ3v) is 4.64. The first-order chi connectivity index (χ1) is 12.0. The van der Waals surface area contributed by atoms with E-state index in [2.05, 4.69) is 10.6 Å². The average molecular weight is 377 g/mol. The Kier molecular flexibility index (Phi) is 5.61. The van der Waals surface area contributed by atoms with Crippen molar-refractivity contribution in [3.8, 4) is 0 Å². The van der Waals surface area contributed by atoms with Crippen molar-refractivity contribution in [2.75, 3.05) is 11.9 Å². The Morgan fingerprint density at radius 1 is 1.04 bits per heavy atom. The monoisotopic (exact) mass is 376 g/mol. The maximum absolute atomic E-state index is 12.2. The topological polar surface area (TPSA) is 58.2 Å². The third kappa shape index (κ3) is 4.97. The van der Waals surface area contributed by atoms with Gasteiger partial charge >= 0.3 is 0 Å². The molecule has 1 aliphatic rings. The van der Waals surface area contributed by atoms with Crippen LogP contribution in [0.4, 0.5) is 5.69 Å². The highest BCUT2D eigenvalue weighted by molar-refractivity contribution is 6.35. The first-order valence-corrected chi connectivity index (χ1v) is 8.91. The zero-order valence-corrected chi connectivity index (χ0v) is 15.0. The van der Waals surface area contributed by atoms with E-state index in [1.54, 1.807) is 36.4 Å². The Bertz CT molecular complexity index is 787. The van der Waals surface area contributed by atoms with E-state index >= 15 is 0 Å². The van der Waals surface area contributed by atoms with E-state index < -0.39 is 0 Å². The lowest BCUT2D eigenvalue weighted by molar-refractivity contribution is -0.117. The molecule has 3 rings (SSSR count). The van der Waals surface area contributed by atoms with Gasteiger partial charge in [0.15, 0.2) is 0 Å². The van der Waals surface area contributed by atoms with Gasteiger partial charge < -0.3 is 10.6 Å².